The lowest BCUT2D eigenvalue weighted by Gasteiger charge is -2.12. The molecule has 0 spiro atoms. The molecule has 2 atom stereocenters. The van der Waals surface area contributed by atoms with Crippen LogP contribution in [0, 0.1) is 11.6 Å². The number of benzene rings is 1. The number of guanidine groups is 1. The minimum Gasteiger partial charge on any atom is -0.385 e. The summed E-state index contributed by atoms with van der Waals surface area (Å²) in [5, 5.41) is 6.33. The van der Waals surface area contributed by atoms with Crippen LogP contribution in [0.15, 0.2) is 23.2 Å². The number of nitrogens with one attached hydrogen (secondary N) is 2. The number of nitrogens with zero attached hydrogens (tertiary/aromatic N) is 1. The molecule has 1 aromatic rings. The molecule has 0 amide bonds. The van der Waals surface area contributed by atoms with Crippen LogP contribution < -0.4 is 10.6 Å². The number of rotatable bonds is 6. The second kappa shape index (κ2) is 7.36. The van der Waals surface area contributed by atoms with Crippen molar-refractivity contribution in [1.29, 1.82) is 0 Å². The van der Waals surface area contributed by atoms with Crippen LogP contribution >= 0.6 is 0 Å². The Morgan fingerprint density at radius 1 is 1.38 bits per heavy atom. The molecule has 2 unspecified atom stereocenters. The van der Waals surface area contributed by atoms with E-state index < -0.39 is 11.6 Å². The lowest BCUT2D eigenvalue weighted by molar-refractivity contribution is 0.195. The number of hydrogen-bond donors (Lipinski definition) is 2. The molecule has 0 bridgehead atoms. The van der Waals surface area contributed by atoms with E-state index in [2.05, 4.69) is 15.6 Å². The average Bonchev–Trinajstić information content (AvgIpc) is 3.21. The van der Waals surface area contributed by atoms with Gasteiger partial charge in [-0.15, -0.1) is 0 Å². The standard InChI is InChI=1S/C15H21F2N3O/c1-18-15(19-7-4-8-21-2)20-13-9-10(13)14-11(16)5-3-6-12(14)17/h3,5-6,10,13H,4,7-9H2,1-2H3,(H2,18,19,20). The average molecular weight is 297 g/mol. The van der Waals surface area contributed by atoms with E-state index in [1.165, 1.54) is 18.2 Å². The van der Waals surface area contributed by atoms with Crippen LogP contribution in [0.25, 0.3) is 0 Å². The van der Waals surface area contributed by atoms with Crippen molar-refractivity contribution in [3.8, 4) is 0 Å². The zero-order chi connectivity index (χ0) is 15.2. The third kappa shape index (κ3) is 4.14. The fourth-order valence-electron chi connectivity index (χ4n) is 2.33. The Morgan fingerprint density at radius 2 is 2.10 bits per heavy atom. The van der Waals surface area contributed by atoms with Crippen molar-refractivity contribution >= 4 is 5.96 Å². The van der Waals surface area contributed by atoms with E-state index in [0.717, 1.165) is 13.0 Å². The van der Waals surface area contributed by atoms with Gasteiger partial charge in [-0.25, -0.2) is 8.78 Å². The van der Waals surface area contributed by atoms with E-state index in [1.807, 2.05) is 0 Å². The monoisotopic (exact) mass is 297 g/mol. The first-order valence-corrected chi connectivity index (χ1v) is 7.07. The van der Waals surface area contributed by atoms with Gasteiger partial charge in [0.25, 0.3) is 0 Å². The summed E-state index contributed by atoms with van der Waals surface area (Å²) in [4.78, 5) is 4.10. The maximum absolute atomic E-state index is 13.7. The molecule has 0 aliphatic heterocycles. The van der Waals surface area contributed by atoms with Gasteiger partial charge in [-0.1, -0.05) is 6.07 Å². The molecule has 21 heavy (non-hydrogen) atoms. The summed E-state index contributed by atoms with van der Waals surface area (Å²) in [5.41, 5.74) is 0.171. The van der Waals surface area contributed by atoms with Crippen molar-refractivity contribution in [2.24, 2.45) is 4.99 Å². The third-order valence-electron chi connectivity index (χ3n) is 3.52. The molecule has 1 aliphatic carbocycles. The summed E-state index contributed by atoms with van der Waals surface area (Å²) in [6.07, 6.45) is 1.57. The fraction of sp³-hybridized carbons (Fsp3) is 0.533. The molecule has 2 rings (SSSR count). The Kier molecular flexibility index (Phi) is 5.50. The Hall–Kier alpha value is -1.69. The van der Waals surface area contributed by atoms with Crippen molar-refractivity contribution in [3.63, 3.8) is 0 Å². The topological polar surface area (TPSA) is 45.7 Å². The number of hydrogen-bond acceptors (Lipinski definition) is 2. The molecule has 0 aromatic heterocycles. The minimum absolute atomic E-state index is 0.0185. The molecule has 0 heterocycles. The van der Waals surface area contributed by atoms with Gasteiger partial charge in [0, 0.05) is 44.8 Å². The van der Waals surface area contributed by atoms with E-state index in [4.69, 9.17) is 4.74 Å². The van der Waals surface area contributed by atoms with Crippen LogP contribution in [-0.2, 0) is 4.74 Å². The summed E-state index contributed by atoms with van der Waals surface area (Å²) in [7, 11) is 3.33. The van der Waals surface area contributed by atoms with Crippen LogP contribution in [0.4, 0.5) is 8.78 Å². The first-order chi connectivity index (χ1) is 10.2. The molecule has 2 N–H and O–H groups in total. The van der Waals surface area contributed by atoms with Crippen LogP contribution in [0.2, 0.25) is 0 Å². The van der Waals surface area contributed by atoms with Crippen molar-refractivity contribution in [3.05, 3.63) is 35.4 Å². The number of halogens is 2. The Balaban J connectivity index is 1.85. The van der Waals surface area contributed by atoms with Crippen molar-refractivity contribution in [2.45, 2.75) is 24.8 Å². The molecule has 0 radical (unpaired) electrons. The second-order valence-electron chi connectivity index (χ2n) is 5.07. The summed E-state index contributed by atoms with van der Waals surface area (Å²) in [6.45, 7) is 1.41. The van der Waals surface area contributed by atoms with E-state index >= 15 is 0 Å². The molecule has 1 aliphatic rings. The number of ether oxygens (including phenoxy) is 1. The molecule has 6 heteroatoms. The summed E-state index contributed by atoms with van der Waals surface area (Å²) >= 11 is 0. The van der Waals surface area contributed by atoms with Gasteiger partial charge in [0.1, 0.15) is 11.6 Å². The predicted octanol–water partition coefficient (Wildman–Crippen LogP) is 2.02. The molecular formula is C15H21F2N3O. The summed E-state index contributed by atoms with van der Waals surface area (Å²) in [5.74, 6) is -0.446. The van der Waals surface area contributed by atoms with Gasteiger partial charge in [0.05, 0.1) is 0 Å². The normalized spacial score (nSPS) is 21.2. The van der Waals surface area contributed by atoms with Crippen molar-refractivity contribution < 1.29 is 13.5 Å². The van der Waals surface area contributed by atoms with Gasteiger partial charge in [-0.2, -0.15) is 0 Å². The first kappa shape index (κ1) is 15.7. The lowest BCUT2D eigenvalue weighted by Crippen LogP contribution is -2.39. The quantitative estimate of drug-likeness (QED) is 0.480. The number of aliphatic imine (C=N–C) groups is 1. The predicted molar refractivity (Wildman–Crippen MR) is 78.5 cm³/mol. The minimum atomic E-state index is -0.479. The Labute approximate surface area is 123 Å². The second-order valence-corrected chi connectivity index (χ2v) is 5.07. The molecule has 1 saturated carbocycles. The van der Waals surface area contributed by atoms with Crippen molar-refractivity contribution in [2.75, 3.05) is 27.3 Å². The highest BCUT2D eigenvalue weighted by Gasteiger charge is 2.42. The highest BCUT2D eigenvalue weighted by molar-refractivity contribution is 5.80. The van der Waals surface area contributed by atoms with Gasteiger partial charge in [-0.05, 0) is 25.0 Å². The van der Waals surface area contributed by atoms with Gasteiger partial charge >= 0.3 is 0 Å². The molecule has 0 saturated heterocycles. The largest absolute Gasteiger partial charge is 0.385 e. The highest BCUT2D eigenvalue weighted by Crippen LogP contribution is 2.42. The maximum atomic E-state index is 13.7. The third-order valence-corrected chi connectivity index (χ3v) is 3.52. The lowest BCUT2D eigenvalue weighted by atomic mass is 10.1. The first-order valence-electron chi connectivity index (χ1n) is 7.07. The number of methoxy groups -OCH3 is 1. The van der Waals surface area contributed by atoms with Crippen LogP contribution in [0.3, 0.4) is 0 Å². The molecule has 1 fully saturated rings. The highest BCUT2D eigenvalue weighted by atomic mass is 19.1. The Bertz CT molecular complexity index is 487. The van der Waals surface area contributed by atoms with E-state index in [1.54, 1.807) is 14.2 Å². The molecule has 4 nitrogen and oxygen atoms in total. The van der Waals surface area contributed by atoms with Gasteiger partial charge in [0.15, 0.2) is 5.96 Å². The summed E-state index contributed by atoms with van der Waals surface area (Å²) in [6, 6.07) is 4.00. The molecule has 116 valence electrons. The molecule has 1 aromatic carbocycles. The SMILES string of the molecule is CN=C(NCCCOC)NC1CC1c1c(F)cccc1F. The van der Waals surface area contributed by atoms with E-state index in [0.29, 0.717) is 19.0 Å². The Morgan fingerprint density at radius 3 is 2.71 bits per heavy atom. The van der Waals surface area contributed by atoms with Crippen molar-refractivity contribution in [1.82, 2.24) is 10.6 Å². The maximum Gasteiger partial charge on any atom is 0.191 e. The van der Waals surface area contributed by atoms with Gasteiger partial charge < -0.3 is 15.4 Å². The van der Waals surface area contributed by atoms with Crippen LogP contribution in [-0.4, -0.2) is 39.3 Å². The smallest absolute Gasteiger partial charge is 0.191 e. The van der Waals surface area contributed by atoms with E-state index in [-0.39, 0.29) is 17.5 Å². The summed E-state index contributed by atoms with van der Waals surface area (Å²) < 4.78 is 32.4. The van der Waals surface area contributed by atoms with E-state index in [9.17, 15) is 8.78 Å². The zero-order valence-electron chi connectivity index (χ0n) is 12.3. The zero-order valence-corrected chi connectivity index (χ0v) is 12.3. The molecular weight excluding hydrogens is 276 g/mol. The van der Waals surface area contributed by atoms with Crippen LogP contribution in [0.1, 0.15) is 24.3 Å². The van der Waals surface area contributed by atoms with Gasteiger partial charge in [0.2, 0.25) is 0 Å². The van der Waals surface area contributed by atoms with Gasteiger partial charge in [-0.3, -0.25) is 4.99 Å². The van der Waals surface area contributed by atoms with Crippen LogP contribution in [0.5, 0.6) is 0 Å². The fourth-order valence-corrected chi connectivity index (χ4v) is 2.33.